The van der Waals surface area contributed by atoms with Gasteiger partial charge in [-0.25, -0.2) is 0 Å². The molecule has 0 heterocycles. The molecule has 0 spiro atoms. The summed E-state index contributed by atoms with van der Waals surface area (Å²) < 4.78 is 5.26. The Morgan fingerprint density at radius 2 is 2.10 bits per heavy atom. The first-order valence-corrected chi connectivity index (χ1v) is 3.71. The maximum absolute atomic E-state index is 5.26. The van der Waals surface area contributed by atoms with E-state index in [0.29, 0.717) is 6.54 Å². The van der Waals surface area contributed by atoms with Crippen molar-refractivity contribution in [3.63, 3.8) is 0 Å². The Hall–Kier alpha value is 0.210. The van der Waals surface area contributed by atoms with E-state index in [-0.39, 0.29) is 12.4 Å². The lowest BCUT2D eigenvalue weighted by atomic mass is 9.86. The van der Waals surface area contributed by atoms with Gasteiger partial charge in [-0.2, -0.15) is 0 Å². The summed E-state index contributed by atoms with van der Waals surface area (Å²) in [5, 5.41) is 0. The van der Waals surface area contributed by atoms with Crippen molar-refractivity contribution in [3.8, 4) is 0 Å². The largest absolute Gasteiger partial charge is 0.380 e. The van der Waals surface area contributed by atoms with Crippen LogP contribution in [0.5, 0.6) is 0 Å². The van der Waals surface area contributed by atoms with Crippen LogP contribution in [0.1, 0.15) is 19.3 Å². The minimum absolute atomic E-state index is 0. The zero-order valence-corrected chi connectivity index (χ0v) is 7.03. The molecule has 62 valence electrons. The van der Waals surface area contributed by atoms with E-state index in [1.54, 1.807) is 0 Å². The summed E-state index contributed by atoms with van der Waals surface area (Å²) in [6.45, 7) is 2.33. The standard InChI is InChI=1S/C7H15NO.ClH/c8-4-5-9-6-7-2-1-3-7;/h7H,1-6,8H2;1H. The van der Waals surface area contributed by atoms with Gasteiger partial charge in [0.15, 0.2) is 0 Å². The summed E-state index contributed by atoms with van der Waals surface area (Å²) >= 11 is 0. The quantitative estimate of drug-likeness (QED) is 0.636. The zero-order valence-electron chi connectivity index (χ0n) is 6.21. The topological polar surface area (TPSA) is 35.2 Å². The molecule has 3 heteroatoms. The van der Waals surface area contributed by atoms with E-state index in [1.165, 1.54) is 19.3 Å². The molecule has 1 rings (SSSR count). The third-order valence-electron chi connectivity index (χ3n) is 1.84. The zero-order chi connectivity index (χ0) is 6.53. The monoisotopic (exact) mass is 165 g/mol. The molecule has 0 radical (unpaired) electrons. The Morgan fingerprint density at radius 3 is 2.50 bits per heavy atom. The molecule has 1 aliphatic carbocycles. The van der Waals surface area contributed by atoms with Crippen LogP contribution in [0.4, 0.5) is 0 Å². The summed E-state index contributed by atoms with van der Waals surface area (Å²) in [5.74, 6) is 0.858. The maximum atomic E-state index is 5.26. The average Bonchev–Trinajstić information content (AvgIpc) is 1.76. The van der Waals surface area contributed by atoms with Crippen molar-refractivity contribution in [1.29, 1.82) is 0 Å². The first-order valence-electron chi connectivity index (χ1n) is 3.71. The van der Waals surface area contributed by atoms with Crippen LogP contribution in [0, 0.1) is 5.92 Å². The third kappa shape index (κ3) is 3.40. The maximum Gasteiger partial charge on any atom is 0.0588 e. The lowest BCUT2D eigenvalue weighted by Crippen LogP contribution is -2.19. The lowest BCUT2D eigenvalue weighted by molar-refractivity contribution is 0.0752. The van der Waals surface area contributed by atoms with Gasteiger partial charge in [0, 0.05) is 13.2 Å². The highest BCUT2D eigenvalue weighted by molar-refractivity contribution is 5.85. The molecule has 0 aromatic rings. The molecule has 10 heavy (non-hydrogen) atoms. The minimum atomic E-state index is 0. The van der Waals surface area contributed by atoms with Crippen molar-refractivity contribution in [2.75, 3.05) is 19.8 Å². The number of ether oxygens (including phenoxy) is 1. The van der Waals surface area contributed by atoms with Crippen LogP contribution in [-0.4, -0.2) is 19.8 Å². The minimum Gasteiger partial charge on any atom is -0.380 e. The SMILES string of the molecule is Cl.NCCOCC1CCC1. The Labute approximate surface area is 68.5 Å². The molecule has 2 N–H and O–H groups in total. The van der Waals surface area contributed by atoms with E-state index in [9.17, 15) is 0 Å². The van der Waals surface area contributed by atoms with Crippen LogP contribution in [0.15, 0.2) is 0 Å². The molecule has 0 unspecified atom stereocenters. The van der Waals surface area contributed by atoms with Crippen LogP contribution < -0.4 is 5.73 Å². The fraction of sp³-hybridized carbons (Fsp3) is 1.00. The van der Waals surface area contributed by atoms with Crippen molar-refractivity contribution in [1.82, 2.24) is 0 Å². The Bertz CT molecular complexity index is 76.0. The molecule has 1 fully saturated rings. The normalized spacial score (nSPS) is 17.7. The molecule has 1 aliphatic rings. The molecule has 0 amide bonds. The number of nitrogens with two attached hydrogens (primary N) is 1. The molecule has 0 saturated heterocycles. The van der Waals surface area contributed by atoms with Crippen molar-refractivity contribution in [3.05, 3.63) is 0 Å². The van der Waals surface area contributed by atoms with Crippen LogP contribution in [0.2, 0.25) is 0 Å². The summed E-state index contributed by atoms with van der Waals surface area (Å²) in [6.07, 6.45) is 4.13. The van der Waals surface area contributed by atoms with Crippen LogP contribution in [0.3, 0.4) is 0 Å². The van der Waals surface area contributed by atoms with Gasteiger partial charge in [0.05, 0.1) is 6.61 Å². The second kappa shape index (κ2) is 5.96. The number of rotatable bonds is 4. The predicted molar refractivity (Wildman–Crippen MR) is 44.5 cm³/mol. The van der Waals surface area contributed by atoms with Gasteiger partial charge in [-0.1, -0.05) is 6.42 Å². The van der Waals surface area contributed by atoms with E-state index >= 15 is 0 Å². The Balaban J connectivity index is 0.000000810. The Morgan fingerprint density at radius 1 is 1.40 bits per heavy atom. The summed E-state index contributed by atoms with van der Waals surface area (Å²) in [5.41, 5.74) is 5.25. The van der Waals surface area contributed by atoms with Gasteiger partial charge in [0.1, 0.15) is 0 Å². The number of halogens is 1. The highest BCUT2D eigenvalue weighted by Crippen LogP contribution is 2.25. The molecule has 0 aromatic carbocycles. The molecule has 2 nitrogen and oxygen atoms in total. The van der Waals surface area contributed by atoms with E-state index in [4.69, 9.17) is 10.5 Å². The number of hydrogen-bond acceptors (Lipinski definition) is 2. The molecule has 0 atom stereocenters. The van der Waals surface area contributed by atoms with Crippen LogP contribution >= 0.6 is 12.4 Å². The van der Waals surface area contributed by atoms with Gasteiger partial charge < -0.3 is 10.5 Å². The fourth-order valence-electron chi connectivity index (χ4n) is 0.993. The van der Waals surface area contributed by atoms with E-state index in [2.05, 4.69) is 0 Å². The molecule has 0 aromatic heterocycles. The van der Waals surface area contributed by atoms with Crippen molar-refractivity contribution < 1.29 is 4.74 Å². The molecular formula is C7H16ClNO. The van der Waals surface area contributed by atoms with Crippen LogP contribution in [0.25, 0.3) is 0 Å². The van der Waals surface area contributed by atoms with Gasteiger partial charge in [-0.3, -0.25) is 0 Å². The van der Waals surface area contributed by atoms with Crippen LogP contribution in [-0.2, 0) is 4.74 Å². The average molecular weight is 166 g/mol. The van der Waals surface area contributed by atoms with Gasteiger partial charge in [-0.05, 0) is 18.8 Å². The first-order chi connectivity index (χ1) is 4.43. The lowest BCUT2D eigenvalue weighted by Gasteiger charge is -2.24. The second-order valence-corrected chi connectivity index (χ2v) is 2.66. The van der Waals surface area contributed by atoms with E-state index in [1.807, 2.05) is 0 Å². The smallest absolute Gasteiger partial charge is 0.0588 e. The summed E-state index contributed by atoms with van der Waals surface area (Å²) in [6, 6.07) is 0. The Kier molecular flexibility index (Phi) is 6.08. The highest BCUT2D eigenvalue weighted by Gasteiger charge is 2.16. The van der Waals surface area contributed by atoms with Gasteiger partial charge in [0.25, 0.3) is 0 Å². The van der Waals surface area contributed by atoms with E-state index < -0.39 is 0 Å². The number of hydrogen-bond donors (Lipinski definition) is 1. The van der Waals surface area contributed by atoms with E-state index in [0.717, 1.165) is 19.1 Å². The molecule has 1 saturated carbocycles. The van der Waals surface area contributed by atoms with Gasteiger partial charge >= 0.3 is 0 Å². The van der Waals surface area contributed by atoms with Gasteiger partial charge in [0.2, 0.25) is 0 Å². The molecule has 0 bridgehead atoms. The summed E-state index contributed by atoms with van der Waals surface area (Å²) in [7, 11) is 0. The van der Waals surface area contributed by atoms with Crippen molar-refractivity contribution >= 4 is 12.4 Å². The molecule has 0 aliphatic heterocycles. The summed E-state index contributed by atoms with van der Waals surface area (Å²) in [4.78, 5) is 0. The fourth-order valence-corrected chi connectivity index (χ4v) is 0.993. The van der Waals surface area contributed by atoms with Crippen molar-refractivity contribution in [2.24, 2.45) is 11.7 Å². The third-order valence-corrected chi connectivity index (χ3v) is 1.84. The van der Waals surface area contributed by atoms with Crippen molar-refractivity contribution in [2.45, 2.75) is 19.3 Å². The molecular weight excluding hydrogens is 150 g/mol. The second-order valence-electron chi connectivity index (χ2n) is 2.66. The van der Waals surface area contributed by atoms with Gasteiger partial charge in [-0.15, -0.1) is 12.4 Å². The first kappa shape index (κ1) is 10.2. The predicted octanol–water partition coefficient (Wildman–Crippen LogP) is 1.18. The highest BCUT2D eigenvalue weighted by atomic mass is 35.5.